The summed E-state index contributed by atoms with van der Waals surface area (Å²) in [5.74, 6) is 0.769. The molecule has 0 saturated heterocycles. The maximum Gasteiger partial charge on any atom is 0.123 e. The van der Waals surface area contributed by atoms with E-state index in [0.29, 0.717) is 0 Å². The van der Waals surface area contributed by atoms with Gasteiger partial charge in [-0.25, -0.2) is 4.39 Å². The highest BCUT2D eigenvalue weighted by molar-refractivity contribution is 9.10. The minimum absolute atomic E-state index is 0.150. The van der Waals surface area contributed by atoms with Crippen LogP contribution in [0.15, 0.2) is 46.9 Å². The summed E-state index contributed by atoms with van der Waals surface area (Å²) >= 11 is 3.48. The van der Waals surface area contributed by atoms with E-state index in [9.17, 15) is 4.39 Å². The molecule has 1 unspecified atom stereocenters. The van der Waals surface area contributed by atoms with E-state index in [-0.39, 0.29) is 18.0 Å². The highest BCUT2D eigenvalue weighted by atomic mass is 79.9. The second-order valence-corrected chi connectivity index (χ2v) is 6.29. The minimum atomic E-state index is -0.203. The third kappa shape index (κ3) is 3.44. The number of fused-ring (bicyclic) bond motifs is 1. The zero-order valence-corrected chi connectivity index (χ0v) is 13.4. The second kappa shape index (κ2) is 6.16. The Hall–Kier alpha value is -1.39. The maximum absolute atomic E-state index is 12.9. The predicted octanol–water partition coefficient (Wildman–Crippen LogP) is 4.24. The Kier molecular flexibility index (Phi) is 4.27. The molecular weight excluding hydrogens is 333 g/mol. The Morgan fingerprint density at radius 1 is 1.29 bits per heavy atom. The molecule has 4 heteroatoms. The van der Waals surface area contributed by atoms with Crippen LogP contribution < -0.4 is 10.1 Å². The van der Waals surface area contributed by atoms with Crippen molar-refractivity contribution >= 4 is 15.9 Å². The van der Waals surface area contributed by atoms with Crippen molar-refractivity contribution in [3.63, 3.8) is 0 Å². The molecule has 0 spiro atoms. The van der Waals surface area contributed by atoms with Crippen LogP contribution in [0.5, 0.6) is 5.75 Å². The van der Waals surface area contributed by atoms with E-state index in [4.69, 9.17) is 4.74 Å². The summed E-state index contributed by atoms with van der Waals surface area (Å²) in [5.41, 5.74) is 2.32. The van der Waals surface area contributed by atoms with Gasteiger partial charge in [0.25, 0.3) is 0 Å². The van der Waals surface area contributed by atoms with Gasteiger partial charge in [0.2, 0.25) is 0 Å². The number of ether oxygens (including phenoxy) is 1. The Morgan fingerprint density at radius 2 is 2.05 bits per heavy atom. The van der Waals surface area contributed by atoms with E-state index in [2.05, 4.69) is 34.2 Å². The quantitative estimate of drug-likeness (QED) is 0.891. The van der Waals surface area contributed by atoms with Crippen molar-refractivity contribution in [3.8, 4) is 5.75 Å². The predicted molar refractivity (Wildman–Crippen MR) is 85.1 cm³/mol. The summed E-state index contributed by atoms with van der Waals surface area (Å²) < 4.78 is 19.9. The average Bonchev–Trinajstić information content (AvgIpc) is 2.87. The van der Waals surface area contributed by atoms with E-state index in [1.165, 1.54) is 17.7 Å². The summed E-state index contributed by atoms with van der Waals surface area (Å²) in [6.07, 6.45) is 1.06. The van der Waals surface area contributed by atoms with Crippen LogP contribution in [0, 0.1) is 5.82 Å². The molecule has 0 aromatic heterocycles. The van der Waals surface area contributed by atoms with E-state index in [0.717, 1.165) is 28.8 Å². The fourth-order valence-corrected chi connectivity index (χ4v) is 2.99. The lowest BCUT2D eigenvalue weighted by atomic mass is 10.1. The third-order valence-corrected chi connectivity index (χ3v) is 4.28. The molecule has 2 aromatic carbocycles. The maximum atomic E-state index is 12.9. The molecule has 3 rings (SSSR count). The molecule has 21 heavy (non-hydrogen) atoms. The summed E-state index contributed by atoms with van der Waals surface area (Å²) in [6.45, 7) is 2.84. The number of hydrogen-bond donors (Lipinski definition) is 1. The van der Waals surface area contributed by atoms with Gasteiger partial charge in [-0.2, -0.15) is 0 Å². The van der Waals surface area contributed by atoms with Crippen LogP contribution >= 0.6 is 15.9 Å². The minimum Gasteiger partial charge on any atom is -0.488 e. The first-order chi connectivity index (χ1) is 10.1. The zero-order valence-electron chi connectivity index (χ0n) is 11.8. The molecule has 1 N–H and O–H groups in total. The number of rotatable bonds is 4. The molecule has 0 saturated carbocycles. The molecule has 2 atom stereocenters. The van der Waals surface area contributed by atoms with Crippen molar-refractivity contribution in [2.45, 2.75) is 25.5 Å². The van der Waals surface area contributed by atoms with Gasteiger partial charge in [0.1, 0.15) is 17.7 Å². The first-order valence-electron chi connectivity index (χ1n) is 7.06. The number of halogens is 2. The third-order valence-electron chi connectivity index (χ3n) is 3.79. The molecule has 2 nitrogen and oxygen atoms in total. The Balaban J connectivity index is 1.56. The summed E-state index contributed by atoms with van der Waals surface area (Å²) in [6, 6.07) is 12.9. The van der Waals surface area contributed by atoms with Crippen molar-refractivity contribution in [3.05, 3.63) is 63.9 Å². The van der Waals surface area contributed by atoms with Crippen molar-refractivity contribution in [1.29, 1.82) is 0 Å². The zero-order chi connectivity index (χ0) is 14.8. The Labute approximate surface area is 132 Å². The molecule has 110 valence electrons. The molecule has 0 amide bonds. The van der Waals surface area contributed by atoms with Crippen LogP contribution in [0.2, 0.25) is 0 Å². The topological polar surface area (TPSA) is 21.3 Å². The molecule has 0 aliphatic carbocycles. The molecule has 1 aliphatic rings. The summed E-state index contributed by atoms with van der Waals surface area (Å²) in [7, 11) is 0. The molecule has 1 heterocycles. The number of hydrogen-bond acceptors (Lipinski definition) is 2. The van der Waals surface area contributed by atoms with Gasteiger partial charge in [0.05, 0.1) is 0 Å². The van der Waals surface area contributed by atoms with Crippen LogP contribution in [0.25, 0.3) is 0 Å². The molecule has 2 aromatic rings. The van der Waals surface area contributed by atoms with Crippen LogP contribution in [-0.4, -0.2) is 12.6 Å². The van der Waals surface area contributed by atoms with Gasteiger partial charge in [-0.05, 0) is 48.4 Å². The molecular formula is C17H17BrFNO. The van der Waals surface area contributed by atoms with Crippen molar-refractivity contribution < 1.29 is 9.13 Å². The lowest BCUT2D eigenvalue weighted by molar-refractivity contribution is 0.222. The SMILES string of the molecule is C[C@H](NCC1Cc2cc(Br)ccc2O1)c1ccc(F)cc1. The van der Waals surface area contributed by atoms with Crippen molar-refractivity contribution in [2.24, 2.45) is 0 Å². The van der Waals surface area contributed by atoms with Crippen molar-refractivity contribution in [2.75, 3.05) is 6.54 Å². The van der Waals surface area contributed by atoms with Gasteiger partial charge in [-0.1, -0.05) is 28.1 Å². The highest BCUT2D eigenvalue weighted by Gasteiger charge is 2.23. The smallest absolute Gasteiger partial charge is 0.123 e. The monoisotopic (exact) mass is 349 g/mol. The second-order valence-electron chi connectivity index (χ2n) is 5.38. The van der Waals surface area contributed by atoms with Gasteiger partial charge in [0.15, 0.2) is 0 Å². The van der Waals surface area contributed by atoms with Gasteiger partial charge < -0.3 is 10.1 Å². The lowest BCUT2D eigenvalue weighted by Crippen LogP contribution is -2.31. The van der Waals surface area contributed by atoms with Gasteiger partial charge >= 0.3 is 0 Å². The Morgan fingerprint density at radius 3 is 2.81 bits per heavy atom. The van der Waals surface area contributed by atoms with Crippen LogP contribution in [0.1, 0.15) is 24.1 Å². The van der Waals surface area contributed by atoms with Crippen LogP contribution in [-0.2, 0) is 6.42 Å². The van der Waals surface area contributed by atoms with E-state index in [1.807, 2.05) is 24.3 Å². The summed E-state index contributed by atoms with van der Waals surface area (Å²) in [4.78, 5) is 0. The van der Waals surface area contributed by atoms with Crippen LogP contribution in [0.3, 0.4) is 0 Å². The van der Waals surface area contributed by atoms with E-state index < -0.39 is 0 Å². The normalized spacial score (nSPS) is 18.1. The molecule has 0 radical (unpaired) electrons. The first kappa shape index (κ1) is 14.5. The molecule has 1 aliphatic heterocycles. The van der Waals surface area contributed by atoms with Gasteiger partial charge in [-0.3, -0.25) is 0 Å². The fraction of sp³-hybridized carbons (Fsp3) is 0.294. The molecule has 0 bridgehead atoms. The first-order valence-corrected chi connectivity index (χ1v) is 7.85. The largest absolute Gasteiger partial charge is 0.488 e. The van der Waals surface area contributed by atoms with Crippen molar-refractivity contribution in [1.82, 2.24) is 5.32 Å². The standard InChI is InChI=1S/C17H17BrFNO/c1-11(12-2-5-15(19)6-3-12)20-10-16-9-13-8-14(18)4-7-17(13)21-16/h2-8,11,16,20H,9-10H2,1H3/t11-,16?/m0/s1. The average molecular weight is 350 g/mol. The van der Waals surface area contributed by atoms with Gasteiger partial charge in [-0.15, -0.1) is 0 Å². The summed E-state index contributed by atoms with van der Waals surface area (Å²) in [5, 5.41) is 3.45. The molecule has 0 fully saturated rings. The van der Waals surface area contributed by atoms with Crippen LogP contribution in [0.4, 0.5) is 4.39 Å². The fourth-order valence-electron chi connectivity index (χ4n) is 2.58. The highest BCUT2D eigenvalue weighted by Crippen LogP contribution is 2.31. The number of nitrogens with one attached hydrogen (secondary N) is 1. The number of benzene rings is 2. The lowest BCUT2D eigenvalue weighted by Gasteiger charge is -2.17. The van der Waals surface area contributed by atoms with E-state index >= 15 is 0 Å². The van der Waals surface area contributed by atoms with E-state index in [1.54, 1.807) is 0 Å². The van der Waals surface area contributed by atoms with Gasteiger partial charge in [0, 0.05) is 23.5 Å². The Bertz CT molecular complexity index is 629.